The molecule has 0 fully saturated rings. The van der Waals surface area contributed by atoms with Gasteiger partial charge in [0.05, 0.1) is 17.0 Å². The Morgan fingerprint density at radius 1 is 1.06 bits per heavy atom. The Labute approximate surface area is 184 Å². The fourth-order valence-corrected chi connectivity index (χ4v) is 3.11. The quantitative estimate of drug-likeness (QED) is 0.520. The number of esters is 1. The topological polar surface area (TPSA) is 97.6 Å². The molecule has 0 saturated heterocycles. The molecule has 1 heterocycles. The molecule has 3 rings (SSSR count). The number of anilines is 1. The van der Waals surface area contributed by atoms with E-state index in [0.717, 1.165) is 11.1 Å². The predicted molar refractivity (Wildman–Crippen MR) is 116 cm³/mol. The van der Waals surface area contributed by atoms with Crippen LogP contribution in [0.15, 0.2) is 71.3 Å². The first-order valence-corrected chi connectivity index (χ1v) is 9.91. The van der Waals surface area contributed by atoms with Gasteiger partial charge in [-0.2, -0.15) is 0 Å². The highest BCUT2D eigenvalue weighted by Gasteiger charge is 2.25. The van der Waals surface area contributed by atoms with Crippen molar-refractivity contribution in [3.63, 3.8) is 0 Å². The number of ether oxygens (including phenoxy) is 1. The Morgan fingerprint density at radius 2 is 1.84 bits per heavy atom. The molecule has 2 aromatic carbocycles. The smallest absolute Gasteiger partial charge is 0.329 e. The minimum absolute atomic E-state index is 0.0672. The standard InChI is InChI=1S/C23H21ClN2O5/c1-15-9-10-18(17(24)12-15)25-21(27)14-31-23(29)19(13-16-6-3-2-4-7-16)26-22(28)20-8-5-11-30-20/h2-12,19H,13-14H2,1H3,(H,25,27)(H,26,28)/t19-/m0/s1. The monoisotopic (exact) mass is 440 g/mol. The summed E-state index contributed by atoms with van der Waals surface area (Å²) in [5.41, 5.74) is 2.19. The van der Waals surface area contributed by atoms with Gasteiger partial charge in [-0.3, -0.25) is 9.59 Å². The molecule has 160 valence electrons. The van der Waals surface area contributed by atoms with Gasteiger partial charge in [-0.05, 0) is 42.3 Å². The van der Waals surface area contributed by atoms with E-state index < -0.39 is 30.4 Å². The molecule has 0 bridgehead atoms. The Hall–Kier alpha value is -3.58. The third-order valence-corrected chi connectivity index (χ3v) is 4.67. The van der Waals surface area contributed by atoms with E-state index in [1.54, 1.807) is 24.3 Å². The third kappa shape index (κ3) is 6.45. The molecule has 31 heavy (non-hydrogen) atoms. The number of carbonyl (C=O) groups excluding carboxylic acids is 3. The van der Waals surface area contributed by atoms with Crippen LogP contribution < -0.4 is 10.6 Å². The van der Waals surface area contributed by atoms with Gasteiger partial charge in [0.2, 0.25) is 0 Å². The Balaban J connectivity index is 1.62. The van der Waals surface area contributed by atoms with Gasteiger partial charge in [0.15, 0.2) is 12.4 Å². The van der Waals surface area contributed by atoms with Crippen molar-refractivity contribution in [2.75, 3.05) is 11.9 Å². The minimum Gasteiger partial charge on any atom is -0.459 e. The van der Waals surface area contributed by atoms with Crippen molar-refractivity contribution < 1.29 is 23.5 Å². The van der Waals surface area contributed by atoms with Crippen molar-refractivity contribution in [2.45, 2.75) is 19.4 Å². The molecule has 8 heteroatoms. The second kappa shape index (κ2) is 10.4. The summed E-state index contributed by atoms with van der Waals surface area (Å²) in [6.07, 6.45) is 1.55. The molecule has 7 nitrogen and oxygen atoms in total. The van der Waals surface area contributed by atoms with Crippen LogP contribution in [-0.4, -0.2) is 30.4 Å². The maximum absolute atomic E-state index is 12.6. The maximum atomic E-state index is 12.6. The Kier molecular flexibility index (Phi) is 7.45. The van der Waals surface area contributed by atoms with Crippen molar-refractivity contribution in [1.82, 2.24) is 5.32 Å². The van der Waals surface area contributed by atoms with E-state index in [2.05, 4.69) is 10.6 Å². The van der Waals surface area contributed by atoms with Gasteiger partial charge in [0, 0.05) is 6.42 Å². The molecule has 0 radical (unpaired) electrons. The second-order valence-electron chi connectivity index (χ2n) is 6.83. The zero-order chi connectivity index (χ0) is 22.2. The van der Waals surface area contributed by atoms with Gasteiger partial charge in [-0.25, -0.2) is 4.79 Å². The van der Waals surface area contributed by atoms with Gasteiger partial charge in [0.1, 0.15) is 6.04 Å². The third-order valence-electron chi connectivity index (χ3n) is 4.36. The molecule has 0 aliphatic rings. The fraction of sp³-hybridized carbons (Fsp3) is 0.174. The normalized spacial score (nSPS) is 11.4. The van der Waals surface area contributed by atoms with E-state index in [9.17, 15) is 14.4 Å². The van der Waals surface area contributed by atoms with Crippen LogP contribution >= 0.6 is 11.6 Å². The van der Waals surface area contributed by atoms with Gasteiger partial charge in [-0.1, -0.05) is 48.0 Å². The minimum atomic E-state index is -1.00. The molecule has 0 saturated carbocycles. The number of amides is 2. The van der Waals surface area contributed by atoms with E-state index in [1.165, 1.54) is 12.3 Å². The molecular formula is C23H21ClN2O5. The van der Waals surface area contributed by atoms with Crippen molar-refractivity contribution in [3.8, 4) is 0 Å². The number of rotatable bonds is 8. The van der Waals surface area contributed by atoms with Crippen LogP contribution in [0.5, 0.6) is 0 Å². The first-order valence-electron chi connectivity index (χ1n) is 9.53. The van der Waals surface area contributed by atoms with Crippen LogP contribution in [0.4, 0.5) is 5.69 Å². The maximum Gasteiger partial charge on any atom is 0.329 e. The van der Waals surface area contributed by atoms with Crippen LogP contribution in [0.1, 0.15) is 21.7 Å². The van der Waals surface area contributed by atoms with Crippen molar-refractivity contribution in [3.05, 3.63) is 88.8 Å². The van der Waals surface area contributed by atoms with E-state index in [-0.39, 0.29) is 12.2 Å². The van der Waals surface area contributed by atoms with Gasteiger partial charge in [-0.15, -0.1) is 0 Å². The van der Waals surface area contributed by atoms with Crippen LogP contribution in [-0.2, 0) is 20.7 Å². The van der Waals surface area contributed by atoms with Crippen LogP contribution in [0.3, 0.4) is 0 Å². The lowest BCUT2D eigenvalue weighted by Crippen LogP contribution is -2.44. The lowest BCUT2D eigenvalue weighted by Gasteiger charge is -2.17. The van der Waals surface area contributed by atoms with Crippen LogP contribution in [0.25, 0.3) is 0 Å². The molecule has 2 N–H and O–H groups in total. The van der Waals surface area contributed by atoms with Crippen LogP contribution in [0.2, 0.25) is 5.02 Å². The van der Waals surface area contributed by atoms with E-state index in [1.807, 2.05) is 37.3 Å². The number of hydrogen-bond donors (Lipinski definition) is 2. The highest BCUT2D eigenvalue weighted by Crippen LogP contribution is 2.22. The summed E-state index contributed by atoms with van der Waals surface area (Å²) in [5, 5.41) is 5.57. The summed E-state index contributed by atoms with van der Waals surface area (Å²) in [4.78, 5) is 37.2. The van der Waals surface area contributed by atoms with E-state index in [4.69, 9.17) is 20.8 Å². The molecule has 0 spiro atoms. The SMILES string of the molecule is Cc1ccc(NC(=O)COC(=O)[C@H](Cc2ccccc2)NC(=O)c2ccco2)c(Cl)c1. The summed E-state index contributed by atoms with van der Waals surface area (Å²) in [5.74, 6) is -1.78. The fourth-order valence-electron chi connectivity index (χ4n) is 2.83. The summed E-state index contributed by atoms with van der Waals surface area (Å²) in [6.45, 7) is 1.36. The average Bonchev–Trinajstić information content (AvgIpc) is 3.29. The van der Waals surface area contributed by atoms with Crippen molar-refractivity contribution >= 4 is 35.1 Å². The number of benzene rings is 2. The molecule has 0 unspecified atom stereocenters. The first kappa shape index (κ1) is 22.1. The molecule has 1 aromatic heterocycles. The zero-order valence-electron chi connectivity index (χ0n) is 16.8. The largest absolute Gasteiger partial charge is 0.459 e. The van der Waals surface area contributed by atoms with Gasteiger partial charge < -0.3 is 19.8 Å². The molecule has 2 amide bonds. The lowest BCUT2D eigenvalue weighted by atomic mass is 10.1. The first-order chi connectivity index (χ1) is 14.9. The lowest BCUT2D eigenvalue weighted by molar-refractivity contribution is -0.149. The summed E-state index contributed by atoms with van der Waals surface area (Å²) < 4.78 is 10.2. The van der Waals surface area contributed by atoms with Gasteiger partial charge in [0.25, 0.3) is 11.8 Å². The Bertz CT molecular complexity index is 1050. The highest BCUT2D eigenvalue weighted by molar-refractivity contribution is 6.33. The molecule has 0 aliphatic carbocycles. The molecule has 1 atom stereocenters. The summed E-state index contributed by atoms with van der Waals surface area (Å²) in [7, 11) is 0. The number of halogens is 1. The number of nitrogens with one attached hydrogen (secondary N) is 2. The summed E-state index contributed by atoms with van der Waals surface area (Å²) in [6, 6.07) is 16.4. The number of aryl methyl sites for hydroxylation is 1. The average molecular weight is 441 g/mol. The number of hydrogen-bond acceptors (Lipinski definition) is 5. The van der Waals surface area contributed by atoms with Gasteiger partial charge >= 0.3 is 5.97 Å². The molecular weight excluding hydrogens is 420 g/mol. The van der Waals surface area contributed by atoms with E-state index in [0.29, 0.717) is 10.7 Å². The predicted octanol–water partition coefficient (Wildman–Crippen LogP) is 3.76. The highest BCUT2D eigenvalue weighted by atomic mass is 35.5. The second-order valence-corrected chi connectivity index (χ2v) is 7.24. The number of carbonyl (C=O) groups is 3. The zero-order valence-corrected chi connectivity index (χ0v) is 17.5. The molecule has 3 aromatic rings. The van der Waals surface area contributed by atoms with Crippen molar-refractivity contribution in [2.24, 2.45) is 0 Å². The Morgan fingerprint density at radius 3 is 2.52 bits per heavy atom. The number of furan rings is 1. The summed E-state index contributed by atoms with van der Waals surface area (Å²) >= 11 is 6.10. The van der Waals surface area contributed by atoms with E-state index >= 15 is 0 Å². The molecule has 0 aliphatic heterocycles. The van der Waals surface area contributed by atoms with Crippen LogP contribution in [0, 0.1) is 6.92 Å². The van der Waals surface area contributed by atoms with Crippen molar-refractivity contribution in [1.29, 1.82) is 0 Å².